The molecule has 0 saturated carbocycles. The van der Waals surface area contributed by atoms with Crippen molar-refractivity contribution in [2.24, 2.45) is 0 Å². The number of fused-ring (bicyclic) bond motifs is 1. The third kappa shape index (κ3) is 1.29. The first-order valence-corrected chi connectivity index (χ1v) is 4.87. The molecule has 0 atom stereocenters. The summed E-state index contributed by atoms with van der Waals surface area (Å²) >= 11 is 0. The molecular weight excluding hydrogens is 208 g/mol. The van der Waals surface area contributed by atoms with E-state index >= 15 is 0 Å². The van der Waals surface area contributed by atoms with Crippen molar-refractivity contribution >= 4 is 6.01 Å². The van der Waals surface area contributed by atoms with Crippen molar-refractivity contribution in [3.63, 3.8) is 0 Å². The quantitative estimate of drug-likeness (QED) is 0.792. The van der Waals surface area contributed by atoms with Crippen LogP contribution in [0, 0.1) is 6.92 Å². The second kappa shape index (κ2) is 3.16. The lowest BCUT2D eigenvalue weighted by atomic mass is 10.1. The Morgan fingerprint density at radius 3 is 2.81 bits per heavy atom. The van der Waals surface area contributed by atoms with Gasteiger partial charge in [-0.1, -0.05) is 0 Å². The molecule has 2 N–H and O–H groups in total. The van der Waals surface area contributed by atoms with Crippen LogP contribution in [-0.4, -0.2) is 11.8 Å². The van der Waals surface area contributed by atoms with Gasteiger partial charge in [0, 0.05) is 5.56 Å². The zero-order valence-electron chi connectivity index (χ0n) is 8.69. The van der Waals surface area contributed by atoms with Crippen molar-refractivity contribution in [2.45, 2.75) is 6.92 Å². The molecule has 5 heteroatoms. The number of nitrogens with two attached hydrogens (primary N) is 1. The fourth-order valence-corrected chi connectivity index (χ4v) is 1.72. The molecule has 0 bridgehead atoms. The van der Waals surface area contributed by atoms with Crippen molar-refractivity contribution in [1.82, 2.24) is 4.98 Å². The van der Waals surface area contributed by atoms with Crippen LogP contribution in [0.5, 0.6) is 11.5 Å². The molecule has 0 spiro atoms. The first kappa shape index (κ1) is 9.08. The standard InChI is InChI=1S/C11H10N2O3/c1-6-10(16-11(12)13-6)7-2-3-8-9(4-7)15-5-14-8/h2-4H,5H2,1H3,(H2,12,13). The first-order chi connectivity index (χ1) is 7.74. The molecule has 1 aliphatic rings. The summed E-state index contributed by atoms with van der Waals surface area (Å²) in [5, 5.41) is 0. The predicted octanol–water partition coefficient (Wildman–Crippen LogP) is 1.96. The zero-order valence-corrected chi connectivity index (χ0v) is 8.69. The second-order valence-corrected chi connectivity index (χ2v) is 3.53. The highest BCUT2D eigenvalue weighted by atomic mass is 16.7. The topological polar surface area (TPSA) is 70.5 Å². The molecule has 1 aromatic carbocycles. The van der Waals surface area contributed by atoms with Crippen LogP contribution in [0.25, 0.3) is 11.3 Å². The van der Waals surface area contributed by atoms with E-state index in [0.717, 1.165) is 17.0 Å². The number of nitrogens with zero attached hydrogens (tertiary/aromatic N) is 1. The van der Waals surface area contributed by atoms with Crippen molar-refractivity contribution in [3.8, 4) is 22.8 Å². The second-order valence-electron chi connectivity index (χ2n) is 3.53. The normalized spacial score (nSPS) is 13.1. The van der Waals surface area contributed by atoms with Gasteiger partial charge in [-0.3, -0.25) is 0 Å². The van der Waals surface area contributed by atoms with E-state index in [1.807, 2.05) is 25.1 Å². The lowest BCUT2D eigenvalue weighted by molar-refractivity contribution is 0.174. The minimum atomic E-state index is 0.171. The number of rotatable bonds is 1. The molecule has 5 nitrogen and oxygen atoms in total. The van der Waals surface area contributed by atoms with Gasteiger partial charge in [-0.15, -0.1) is 0 Å². The average Bonchev–Trinajstić information content (AvgIpc) is 2.83. The van der Waals surface area contributed by atoms with Gasteiger partial charge in [-0.2, -0.15) is 4.98 Å². The minimum Gasteiger partial charge on any atom is -0.454 e. The summed E-state index contributed by atoms with van der Waals surface area (Å²) in [7, 11) is 0. The van der Waals surface area contributed by atoms with Gasteiger partial charge in [0.2, 0.25) is 6.79 Å². The molecule has 2 aromatic rings. The van der Waals surface area contributed by atoms with E-state index in [1.54, 1.807) is 0 Å². The van der Waals surface area contributed by atoms with Gasteiger partial charge in [-0.25, -0.2) is 0 Å². The summed E-state index contributed by atoms with van der Waals surface area (Å²) < 4.78 is 15.9. The molecule has 16 heavy (non-hydrogen) atoms. The zero-order chi connectivity index (χ0) is 11.1. The molecule has 0 unspecified atom stereocenters. The Bertz CT molecular complexity index is 548. The lowest BCUT2D eigenvalue weighted by Gasteiger charge is -2.00. The van der Waals surface area contributed by atoms with Crippen LogP contribution >= 0.6 is 0 Å². The highest BCUT2D eigenvalue weighted by Gasteiger charge is 2.17. The van der Waals surface area contributed by atoms with E-state index in [1.165, 1.54) is 0 Å². The maximum atomic E-state index is 5.50. The largest absolute Gasteiger partial charge is 0.454 e. The Morgan fingerprint density at radius 2 is 2.06 bits per heavy atom. The number of aryl methyl sites for hydroxylation is 1. The van der Waals surface area contributed by atoms with E-state index in [0.29, 0.717) is 11.5 Å². The third-order valence-electron chi connectivity index (χ3n) is 2.45. The van der Waals surface area contributed by atoms with E-state index in [9.17, 15) is 0 Å². The van der Waals surface area contributed by atoms with Gasteiger partial charge in [-0.05, 0) is 25.1 Å². The van der Waals surface area contributed by atoms with E-state index in [-0.39, 0.29) is 12.8 Å². The fraction of sp³-hybridized carbons (Fsp3) is 0.182. The van der Waals surface area contributed by atoms with Crippen molar-refractivity contribution in [3.05, 3.63) is 23.9 Å². The molecule has 0 fully saturated rings. The van der Waals surface area contributed by atoms with Gasteiger partial charge < -0.3 is 19.6 Å². The number of ether oxygens (including phenoxy) is 2. The Hall–Kier alpha value is -2.17. The Morgan fingerprint density at radius 1 is 1.25 bits per heavy atom. The van der Waals surface area contributed by atoms with Crippen molar-refractivity contribution in [1.29, 1.82) is 0 Å². The summed E-state index contributed by atoms with van der Waals surface area (Å²) in [4.78, 5) is 4.02. The summed E-state index contributed by atoms with van der Waals surface area (Å²) in [5.74, 6) is 2.12. The molecule has 3 rings (SSSR count). The van der Waals surface area contributed by atoms with Crippen LogP contribution in [-0.2, 0) is 0 Å². The molecule has 82 valence electrons. The molecule has 2 heterocycles. The molecule has 0 aliphatic carbocycles. The minimum absolute atomic E-state index is 0.171. The number of aromatic nitrogens is 1. The van der Waals surface area contributed by atoms with Crippen LogP contribution in [0.2, 0.25) is 0 Å². The summed E-state index contributed by atoms with van der Waals surface area (Å²) in [6.07, 6.45) is 0. The number of nitrogen functional groups attached to an aromatic ring is 1. The number of hydrogen-bond acceptors (Lipinski definition) is 5. The van der Waals surface area contributed by atoms with E-state index in [2.05, 4.69) is 4.98 Å². The maximum Gasteiger partial charge on any atom is 0.292 e. The molecular formula is C11H10N2O3. The van der Waals surface area contributed by atoms with Gasteiger partial charge in [0.15, 0.2) is 17.3 Å². The van der Waals surface area contributed by atoms with Gasteiger partial charge in [0.05, 0.1) is 5.69 Å². The Balaban J connectivity index is 2.10. The van der Waals surface area contributed by atoms with Crippen LogP contribution in [0.15, 0.2) is 22.6 Å². The number of hydrogen-bond donors (Lipinski definition) is 1. The Kier molecular flexibility index (Phi) is 1.80. The van der Waals surface area contributed by atoms with Crippen LogP contribution in [0.4, 0.5) is 6.01 Å². The molecule has 0 amide bonds. The third-order valence-corrected chi connectivity index (χ3v) is 2.45. The molecule has 0 saturated heterocycles. The van der Waals surface area contributed by atoms with Gasteiger partial charge in [0.25, 0.3) is 6.01 Å². The predicted molar refractivity (Wildman–Crippen MR) is 57.2 cm³/mol. The summed E-state index contributed by atoms with van der Waals surface area (Å²) in [6, 6.07) is 5.76. The smallest absolute Gasteiger partial charge is 0.292 e. The van der Waals surface area contributed by atoms with Gasteiger partial charge in [0.1, 0.15) is 0 Å². The summed E-state index contributed by atoms with van der Waals surface area (Å²) in [5.41, 5.74) is 7.14. The average molecular weight is 218 g/mol. The molecule has 1 aliphatic heterocycles. The van der Waals surface area contributed by atoms with E-state index < -0.39 is 0 Å². The highest BCUT2D eigenvalue weighted by molar-refractivity contribution is 5.65. The summed E-state index contributed by atoms with van der Waals surface area (Å²) in [6.45, 7) is 2.11. The lowest BCUT2D eigenvalue weighted by Crippen LogP contribution is -1.92. The van der Waals surface area contributed by atoms with Crippen LogP contribution in [0.1, 0.15) is 5.69 Å². The van der Waals surface area contributed by atoms with Crippen molar-refractivity contribution < 1.29 is 13.9 Å². The van der Waals surface area contributed by atoms with Crippen LogP contribution in [0.3, 0.4) is 0 Å². The first-order valence-electron chi connectivity index (χ1n) is 4.87. The monoisotopic (exact) mass is 218 g/mol. The van der Waals surface area contributed by atoms with Gasteiger partial charge >= 0.3 is 0 Å². The number of benzene rings is 1. The SMILES string of the molecule is Cc1nc(N)oc1-c1ccc2c(c1)OCO2. The molecule has 0 radical (unpaired) electrons. The molecule has 1 aromatic heterocycles. The van der Waals surface area contributed by atoms with Crippen molar-refractivity contribution in [2.75, 3.05) is 12.5 Å². The Labute approximate surface area is 91.8 Å². The van der Waals surface area contributed by atoms with E-state index in [4.69, 9.17) is 19.6 Å². The fourth-order valence-electron chi connectivity index (χ4n) is 1.72. The van der Waals surface area contributed by atoms with Crippen LogP contribution < -0.4 is 15.2 Å². The highest BCUT2D eigenvalue weighted by Crippen LogP contribution is 2.37. The number of anilines is 1. The number of oxazole rings is 1. The maximum absolute atomic E-state index is 5.50.